The summed E-state index contributed by atoms with van der Waals surface area (Å²) in [4.78, 5) is 13.0. The second-order valence-corrected chi connectivity index (χ2v) is 3.78. The summed E-state index contributed by atoms with van der Waals surface area (Å²) >= 11 is 1.84. The topological polar surface area (TPSA) is 29.5 Å². The van der Waals surface area contributed by atoms with Gasteiger partial charge < -0.3 is 4.74 Å². The minimum atomic E-state index is -0.147. The summed E-state index contributed by atoms with van der Waals surface area (Å²) in [5.74, 6) is 1.00. The van der Waals surface area contributed by atoms with E-state index in [4.69, 9.17) is 0 Å². The van der Waals surface area contributed by atoms with Crippen LogP contribution in [0.4, 0.5) is 0 Å². The molecule has 0 spiro atoms. The van der Waals surface area contributed by atoms with Gasteiger partial charge in [0.2, 0.25) is 0 Å². The third-order valence-electron chi connectivity index (χ3n) is 1.85. The van der Waals surface area contributed by atoms with E-state index in [0.717, 1.165) is 25.3 Å². The molecule has 0 bridgehead atoms. The number of hydrogen-bond acceptors (Lipinski definition) is 4. The summed E-state index contributed by atoms with van der Waals surface area (Å²) in [6.45, 7) is 4.36. The summed E-state index contributed by atoms with van der Waals surface area (Å²) in [7, 11) is 1.43. The van der Waals surface area contributed by atoms with Gasteiger partial charge in [-0.1, -0.05) is 6.92 Å². The largest absolute Gasteiger partial charge is 0.468 e. The standard InChI is InChI=1S/C9H19NO2S/c1-4-10(6-5-7-13-3)8-9(11)12-2/h4-8H2,1-3H3. The summed E-state index contributed by atoms with van der Waals surface area (Å²) in [6.07, 6.45) is 3.22. The number of ether oxygens (including phenoxy) is 1. The van der Waals surface area contributed by atoms with Crippen molar-refractivity contribution in [3.8, 4) is 0 Å². The van der Waals surface area contributed by atoms with Gasteiger partial charge in [0.15, 0.2) is 0 Å². The van der Waals surface area contributed by atoms with Gasteiger partial charge in [0.1, 0.15) is 0 Å². The summed E-state index contributed by atoms with van der Waals surface area (Å²) in [5.41, 5.74) is 0. The minimum absolute atomic E-state index is 0.147. The van der Waals surface area contributed by atoms with E-state index in [1.165, 1.54) is 7.11 Å². The van der Waals surface area contributed by atoms with E-state index in [2.05, 4.69) is 22.8 Å². The lowest BCUT2D eigenvalue weighted by Gasteiger charge is -2.18. The van der Waals surface area contributed by atoms with Gasteiger partial charge in [-0.15, -0.1) is 0 Å². The Labute approximate surface area is 84.8 Å². The normalized spacial score (nSPS) is 10.5. The number of rotatable bonds is 7. The highest BCUT2D eigenvalue weighted by molar-refractivity contribution is 7.98. The number of likely N-dealkylation sites (N-methyl/N-ethyl adjacent to an activating group) is 1. The van der Waals surface area contributed by atoms with Crippen LogP contribution in [0.25, 0.3) is 0 Å². The van der Waals surface area contributed by atoms with E-state index in [9.17, 15) is 4.79 Å². The van der Waals surface area contributed by atoms with Crippen LogP contribution in [-0.4, -0.2) is 49.6 Å². The minimum Gasteiger partial charge on any atom is -0.468 e. The van der Waals surface area contributed by atoms with Crippen LogP contribution in [0, 0.1) is 0 Å². The van der Waals surface area contributed by atoms with Gasteiger partial charge in [-0.05, 0) is 31.5 Å². The smallest absolute Gasteiger partial charge is 0.319 e. The van der Waals surface area contributed by atoms with Gasteiger partial charge in [-0.2, -0.15) is 11.8 Å². The SMILES string of the molecule is CCN(CCCSC)CC(=O)OC. The molecule has 0 radical (unpaired) electrons. The van der Waals surface area contributed by atoms with E-state index >= 15 is 0 Å². The van der Waals surface area contributed by atoms with E-state index < -0.39 is 0 Å². The van der Waals surface area contributed by atoms with Gasteiger partial charge in [0.05, 0.1) is 13.7 Å². The number of carbonyl (C=O) groups is 1. The molecule has 78 valence electrons. The van der Waals surface area contributed by atoms with E-state index in [-0.39, 0.29) is 5.97 Å². The zero-order chi connectivity index (χ0) is 10.1. The molecule has 0 aromatic rings. The average Bonchev–Trinajstić information content (AvgIpc) is 2.16. The maximum atomic E-state index is 10.9. The molecule has 0 fully saturated rings. The lowest BCUT2D eigenvalue weighted by atomic mass is 10.4. The first-order valence-electron chi connectivity index (χ1n) is 4.52. The molecule has 0 aliphatic heterocycles. The van der Waals surface area contributed by atoms with E-state index in [1.807, 2.05) is 11.8 Å². The van der Waals surface area contributed by atoms with Crippen molar-refractivity contribution in [3.63, 3.8) is 0 Å². The van der Waals surface area contributed by atoms with Crippen molar-refractivity contribution in [2.24, 2.45) is 0 Å². The Kier molecular flexibility index (Phi) is 8.24. The van der Waals surface area contributed by atoms with Crippen LogP contribution in [0.15, 0.2) is 0 Å². The zero-order valence-electron chi connectivity index (χ0n) is 8.71. The monoisotopic (exact) mass is 205 g/mol. The fourth-order valence-corrected chi connectivity index (χ4v) is 1.45. The second kappa shape index (κ2) is 8.38. The number of methoxy groups -OCH3 is 1. The van der Waals surface area contributed by atoms with Crippen LogP contribution in [0.5, 0.6) is 0 Å². The molecule has 13 heavy (non-hydrogen) atoms. The highest BCUT2D eigenvalue weighted by Crippen LogP contribution is 1.98. The predicted molar refractivity (Wildman–Crippen MR) is 57.1 cm³/mol. The molecule has 0 aromatic heterocycles. The number of carbonyl (C=O) groups excluding carboxylic acids is 1. The molecule has 0 aliphatic rings. The van der Waals surface area contributed by atoms with Crippen molar-refractivity contribution in [1.82, 2.24) is 4.90 Å². The molecule has 0 aromatic carbocycles. The van der Waals surface area contributed by atoms with Gasteiger partial charge in [0.25, 0.3) is 0 Å². The first kappa shape index (κ1) is 12.8. The molecule has 0 atom stereocenters. The highest BCUT2D eigenvalue weighted by atomic mass is 32.2. The maximum absolute atomic E-state index is 10.9. The molecule has 4 heteroatoms. The molecular formula is C9H19NO2S. The molecule has 0 aliphatic carbocycles. The summed E-state index contributed by atoms with van der Waals surface area (Å²) < 4.78 is 4.60. The Morgan fingerprint density at radius 1 is 1.54 bits per heavy atom. The van der Waals surface area contributed by atoms with Crippen LogP contribution in [0.3, 0.4) is 0 Å². The van der Waals surface area contributed by atoms with Crippen LogP contribution in [0.1, 0.15) is 13.3 Å². The predicted octanol–water partition coefficient (Wildman–Crippen LogP) is 1.23. The third kappa shape index (κ3) is 6.90. The number of hydrogen-bond donors (Lipinski definition) is 0. The van der Waals surface area contributed by atoms with Crippen molar-refractivity contribution in [2.75, 3.05) is 38.8 Å². The highest BCUT2D eigenvalue weighted by Gasteiger charge is 2.07. The fourth-order valence-electron chi connectivity index (χ4n) is 1.03. The quantitative estimate of drug-likeness (QED) is 0.462. The number of esters is 1. The lowest BCUT2D eigenvalue weighted by Crippen LogP contribution is -2.31. The first-order valence-corrected chi connectivity index (χ1v) is 5.92. The van der Waals surface area contributed by atoms with Gasteiger partial charge in [0, 0.05) is 0 Å². The second-order valence-electron chi connectivity index (χ2n) is 2.79. The molecule has 3 nitrogen and oxygen atoms in total. The Morgan fingerprint density at radius 2 is 2.23 bits per heavy atom. The third-order valence-corrected chi connectivity index (χ3v) is 2.55. The molecule has 0 unspecified atom stereocenters. The van der Waals surface area contributed by atoms with Gasteiger partial charge in [-0.3, -0.25) is 9.69 Å². The Balaban J connectivity index is 3.56. The summed E-state index contributed by atoms with van der Waals surface area (Å²) in [5, 5.41) is 0. The maximum Gasteiger partial charge on any atom is 0.319 e. The van der Waals surface area contributed by atoms with Crippen LogP contribution < -0.4 is 0 Å². The zero-order valence-corrected chi connectivity index (χ0v) is 9.52. The molecule has 0 amide bonds. The molecule has 0 heterocycles. The van der Waals surface area contributed by atoms with E-state index in [0.29, 0.717) is 6.54 Å². The van der Waals surface area contributed by atoms with Gasteiger partial charge >= 0.3 is 5.97 Å². The first-order chi connectivity index (χ1) is 6.24. The van der Waals surface area contributed by atoms with Gasteiger partial charge in [-0.25, -0.2) is 0 Å². The fraction of sp³-hybridized carbons (Fsp3) is 0.889. The van der Waals surface area contributed by atoms with Crippen molar-refractivity contribution in [3.05, 3.63) is 0 Å². The Hall–Kier alpha value is -0.220. The molecular weight excluding hydrogens is 186 g/mol. The Bertz CT molecular complexity index is 142. The van der Waals surface area contributed by atoms with Crippen molar-refractivity contribution in [1.29, 1.82) is 0 Å². The molecule has 0 N–H and O–H groups in total. The molecule has 0 saturated heterocycles. The van der Waals surface area contributed by atoms with Crippen LogP contribution in [-0.2, 0) is 9.53 Å². The van der Waals surface area contributed by atoms with Crippen molar-refractivity contribution in [2.45, 2.75) is 13.3 Å². The number of thioether (sulfide) groups is 1. The van der Waals surface area contributed by atoms with Crippen LogP contribution >= 0.6 is 11.8 Å². The van der Waals surface area contributed by atoms with Crippen LogP contribution in [0.2, 0.25) is 0 Å². The molecule has 0 rings (SSSR count). The van der Waals surface area contributed by atoms with Crippen molar-refractivity contribution >= 4 is 17.7 Å². The lowest BCUT2D eigenvalue weighted by molar-refractivity contribution is -0.141. The number of nitrogens with zero attached hydrogens (tertiary/aromatic N) is 1. The Morgan fingerprint density at radius 3 is 2.69 bits per heavy atom. The molecule has 0 saturated carbocycles. The summed E-state index contributed by atoms with van der Waals surface area (Å²) in [6, 6.07) is 0. The van der Waals surface area contributed by atoms with E-state index in [1.54, 1.807) is 0 Å². The van der Waals surface area contributed by atoms with Crippen molar-refractivity contribution < 1.29 is 9.53 Å². The average molecular weight is 205 g/mol.